The van der Waals surface area contributed by atoms with Gasteiger partial charge in [-0.2, -0.15) is 0 Å². The Morgan fingerprint density at radius 3 is 2.90 bits per heavy atom. The number of benzene rings is 1. The van der Waals surface area contributed by atoms with Crippen LogP contribution in [-0.4, -0.2) is 30.4 Å². The summed E-state index contributed by atoms with van der Waals surface area (Å²) in [6.45, 7) is 3.91. The predicted molar refractivity (Wildman–Crippen MR) is 80.7 cm³/mol. The summed E-state index contributed by atoms with van der Waals surface area (Å²) in [6.07, 6.45) is 3.13. The minimum absolute atomic E-state index is 0. The van der Waals surface area contributed by atoms with Crippen molar-refractivity contribution >= 4 is 18.3 Å². The van der Waals surface area contributed by atoms with Crippen LogP contribution in [0.25, 0.3) is 0 Å². The number of amides is 1. The molecule has 1 heterocycles. The molecule has 20 heavy (non-hydrogen) atoms. The van der Waals surface area contributed by atoms with Crippen LogP contribution in [-0.2, 0) is 0 Å². The van der Waals surface area contributed by atoms with Crippen LogP contribution in [0.5, 0.6) is 0 Å². The smallest absolute Gasteiger partial charge is 0.253 e. The van der Waals surface area contributed by atoms with Crippen LogP contribution < -0.4 is 5.73 Å². The summed E-state index contributed by atoms with van der Waals surface area (Å²) in [7, 11) is 0. The zero-order valence-electron chi connectivity index (χ0n) is 11.8. The first-order chi connectivity index (χ1) is 9.11. The average Bonchev–Trinajstić information content (AvgIpc) is 2.42. The SMILES string of the molecule is Cc1cc(C(=O)N2CCCC(CCN)C2)ccc1F.Cl. The number of piperidine rings is 1. The maximum atomic E-state index is 13.2. The standard InChI is InChI=1S/C15H21FN2O.ClH/c1-11-9-13(4-5-14(11)16)15(19)18-8-2-3-12(10-18)6-7-17;/h4-5,9,12H,2-3,6-8,10,17H2,1H3;1H. The Bertz CT molecular complexity index is 465. The van der Waals surface area contributed by atoms with Gasteiger partial charge in [0.05, 0.1) is 0 Å². The molecule has 1 fully saturated rings. The van der Waals surface area contributed by atoms with Crippen molar-refractivity contribution in [2.75, 3.05) is 19.6 Å². The second kappa shape index (κ2) is 7.60. The Hall–Kier alpha value is -1.13. The van der Waals surface area contributed by atoms with Gasteiger partial charge in [-0.1, -0.05) is 0 Å². The topological polar surface area (TPSA) is 46.3 Å². The van der Waals surface area contributed by atoms with Crippen molar-refractivity contribution in [2.24, 2.45) is 11.7 Å². The van der Waals surface area contributed by atoms with Crippen molar-refractivity contribution < 1.29 is 9.18 Å². The lowest BCUT2D eigenvalue weighted by atomic mass is 9.94. The lowest BCUT2D eigenvalue weighted by molar-refractivity contribution is 0.0669. The van der Waals surface area contributed by atoms with E-state index >= 15 is 0 Å². The Morgan fingerprint density at radius 1 is 1.50 bits per heavy atom. The number of nitrogens with two attached hydrogens (primary N) is 1. The normalized spacial score (nSPS) is 18.6. The van der Waals surface area contributed by atoms with E-state index in [4.69, 9.17) is 5.73 Å². The van der Waals surface area contributed by atoms with Gasteiger partial charge in [0.15, 0.2) is 0 Å². The largest absolute Gasteiger partial charge is 0.338 e. The number of nitrogens with zero attached hydrogens (tertiary/aromatic N) is 1. The first-order valence-electron chi connectivity index (χ1n) is 6.87. The van der Waals surface area contributed by atoms with Gasteiger partial charge in [-0.25, -0.2) is 4.39 Å². The van der Waals surface area contributed by atoms with Crippen molar-refractivity contribution in [3.63, 3.8) is 0 Å². The molecule has 0 spiro atoms. The van der Waals surface area contributed by atoms with Crippen LogP contribution in [0.15, 0.2) is 18.2 Å². The number of likely N-dealkylation sites (tertiary alicyclic amines) is 1. The van der Waals surface area contributed by atoms with Crippen LogP contribution in [0.1, 0.15) is 35.2 Å². The third-order valence-corrected chi connectivity index (χ3v) is 3.79. The Labute approximate surface area is 125 Å². The molecule has 2 N–H and O–H groups in total. The molecule has 1 aromatic carbocycles. The second-order valence-electron chi connectivity index (χ2n) is 5.30. The highest BCUT2D eigenvalue weighted by atomic mass is 35.5. The van der Waals surface area contributed by atoms with E-state index in [1.807, 2.05) is 4.90 Å². The summed E-state index contributed by atoms with van der Waals surface area (Å²) in [5, 5.41) is 0. The fourth-order valence-electron chi connectivity index (χ4n) is 2.68. The molecule has 2 rings (SSSR count). The van der Waals surface area contributed by atoms with Gasteiger partial charge >= 0.3 is 0 Å². The van der Waals surface area contributed by atoms with E-state index in [0.29, 0.717) is 23.6 Å². The molecule has 1 aromatic rings. The molecule has 1 aliphatic heterocycles. The second-order valence-corrected chi connectivity index (χ2v) is 5.30. The van der Waals surface area contributed by atoms with Crippen molar-refractivity contribution in [1.82, 2.24) is 4.90 Å². The first-order valence-corrected chi connectivity index (χ1v) is 6.87. The number of rotatable bonds is 3. The Kier molecular flexibility index (Phi) is 6.43. The number of halogens is 2. The predicted octanol–water partition coefficient (Wildman–Crippen LogP) is 2.76. The van der Waals surface area contributed by atoms with Crippen LogP contribution in [0.2, 0.25) is 0 Å². The summed E-state index contributed by atoms with van der Waals surface area (Å²) in [4.78, 5) is 14.3. The highest BCUT2D eigenvalue weighted by molar-refractivity contribution is 5.94. The molecule has 1 unspecified atom stereocenters. The van der Waals surface area contributed by atoms with Gasteiger partial charge in [0, 0.05) is 18.7 Å². The highest BCUT2D eigenvalue weighted by Crippen LogP contribution is 2.21. The molecule has 0 aromatic heterocycles. The number of carbonyl (C=O) groups is 1. The van der Waals surface area contributed by atoms with Crippen molar-refractivity contribution in [2.45, 2.75) is 26.2 Å². The quantitative estimate of drug-likeness (QED) is 0.933. The maximum Gasteiger partial charge on any atom is 0.253 e. The van der Waals surface area contributed by atoms with Gasteiger partial charge in [-0.15, -0.1) is 12.4 Å². The number of aryl methyl sites for hydroxylation is 1. The summed E-state index contributed by atoms with van der Waals surface area (Å²) in [5.74, 6) is 0.241. The molecule has 112 valence electrons. The minimum atomic E-state index is -0.267. The molecule has 1 atom stereocenters. The summed E-state index contributed by atoms with van der Waals surface area (Å²) < 4.78 is 13.2. The molecule has 1 aliphatic rings. The lowest BCUT2D eigenvalue weighted by Gasteiger charge is -2.32. The van der Waals surface area contributed by atoms with E-state index in [2.05, 4.69) is 0 Å². The van der Waals surface area contributed by atoms with Crippen LogP contribution in [0, 0.1) is 18.7 Å². The van der Waals surface area contributed by atoms with E-state index in [0.717, 1.165) is 32.4 Å². The molecular weight excluding hydrogens is 279 g/mol. The molecule has 0 aliphatic carbocycles. The molecule has 0 saturated carbocycles. The zero-order valence-corrected chi connectivity index (χ0v) is 12.6. The van der Waals surface area contributed by atoms with Crippen molar-refractivity contribution in [1.29, 1.82) is 0 Å². The van der Waals surface area contributed by atoms with Crippen LogP contribution >= 0.6 is 12.4 Å². The van der Waals surface area contributed by atoms with Crippen LogP contribution in [0.4, 0.5) is 4.39 Å². The molecule has 3 nitrogen and oxygen atoms in total. The van der Waals surface area contributed by atoms with E-state index in [1.165, 1.54) is 6.07 Å². The van der Waals surface area contributed by atoms with Gasteiger partial charge in [0.25, 0.3) is 5.91 Å². The highest BCUT2D eigenvalue weighted by Gasteiger charge is 2.24. The van der Waals surface area contributed by atoms with Gasteiger partial charge in [-0.05, 0) is 62.4 Å². The van der Waals surface area contributed by atoms with Gasteiger partial charge in [0.1, 0.15) is 5.82 Å². The molecular formula is C15H22ClFN2O. The lowest BCUT2D eigenvalue weighted by Crippen LogP contribution is -2.40. The number of hydrogen-bond acceptors (Lipinski definition) is 2. The minimum Gasteiger partial charge on any atom is -0.338 e. The van der Waals surface area contributed by atoms with Crippen LogP contribution in [0.3, 0.4) is 0 Å². The fourth-order valence-corrected chi connectivity index (χ4v) is 2.68. The summed E-state index contributed by atoms with van der Waals surface area (Å²) >= 11 is 0. The summed E-state index contributed by atoms with van der Waals surface area (Å²) in [6, 6.07) is 4.56. The number of carbonyl (C=O) groups excluding carboxylic acids is 1. The Balaban J connectivity index is 0.00000200. The van der Waals surface area contributed by atoms with Gasteiger partial charge < -0.3 is 10.6 Å². The number of hydrogen-bond donors (Lipinski definition) is 1. The monoisotopic (exact) mass is 300 g/mol. The zero-order chi connectivity index (χ0) is 13.8. The van der Waals surface area contributed by atoms with E-state index in [-0.39, 0.29) is 24.1 Å². The van der Waals surface area contributed by atoms with Gasteiger partial charge in [-0.3, -0.25) is 4.79 Å². The molecule has 5 heteroatoms. The third-order valence-electron chi connectivity index (χ3n) is 3.79. The fraction of sp³-hybridized carbons (Fsp3) is 0.533. The Morgan fingerprint density at radius 2 is 2.25 bits per heavy atom. The van der Waals surface area contributed by atoms with Crippen molar-refractivity contribution in [3.05, 3.63) is 35.1 Å². The molecule has 0 radical (unpaired) electrons. The third kappa shape index (κ3) is 3.93. The average molecular weight is 301 g/mol. The maximum absolute atomic E-state index is 13.2. The molecule has 0 bridgehead atoms. The molecule has 1 amide bonds. The van der Waals surface area contributed by atoms with Gasteiger partial charge in [0.2, 0.25) is 0 Å². The van der Waals surface area contributed by atoms with E-state index in [9.17, 15) is 9.18 Å². The molecule has 1 saturated heterocycles. The van der Waals surface area contributed by atoms with E-state index < -0.39 is 0 Å². The van der Waals surface area contributed by atoms with Crippen molar-refractivity contribution in [3.8, 4) is 0 Å². The summed E-state index contributed by atoms with van der Waals surface area (Å²) in [5.41, 5.74) is 6.67. The first kappa shape index (κ1) is 16.9. The van der Waals surface area contributed by atoms with E-state index in [1.54, 1.807) is 19.1 Å².